The topological polar surface area (TPSA) is 77.4 Å². The number of hydrogen-bond acceptors (Lipinski definition) is 4. The van der Waals surface area contributed by atoms with E-state index >= 15 is 0 Å². The summed E-state index contributed by atoms with van der Waals surface area (Å²) in [5.74, 6) is 0.677. The lowest BCUT2D eigenvalue weighted by molar-refractivity contribution is 0.146. The fourth-order valence-corrected chi connectivity index (χ4v) is 2.83. The zero-order valence-electron chi connectivity index (χ0n) is 15.8. The first-order valence-electron chi connectivity index (χ1n) is 8.75. The quantitative estimate of drug-likeness (QED) is 0.628. The molecule has 0 fully saturated rings. The third-order valence-corrected chi connectivity index (χ3v) is 4.15. The van der Waals surface area contributed by atoms with E-state index < -0.39 is 0 Å². The van der Waals surface area contributed by atoms with E-state index in [-0.39, 0.29) is 6.03 Å². The van der Waals surface area contributed by atoms with Crippen molar-refractivity contribution in [1.29, 1.82) is 0 Å². The molecule has 0 radical (unpaired) electrons. The molecule has 2 aromatic carbocycles. The Morgan fingerprint density at radius 2 is 2.04 bits per heavy atom. The molecule has 3 aromatic rings. The number of fused-ring (bicyclic) bond motifs is 1. The molecule has 0 aliphatic carbocycles. The number of methoxy groups -OCH3 is 1. The molecular weight excluding hydrogens is 344 g/mol. The van der Waals surface area contributed by atoms with Crippen LogP contribution in [0.4, 0.5) is 10.5 Å². The smallest absolute Gasteiger partial charge is 0.319 e. The van der Waals surface area contributed by atoms with Crippen molar-refractivity contribution >= 4 is 22.6 Å². The lowest BCUT2D eigenvalue weighted by atomic mass is 10.1. The van der Waals surface area contributed by atoms with Gasteiger partial charge >= 0.3 is 6.03 Å². The highest BCUT2D eigenvalue weighted by atomic mass is 16.5. The second-order valence-electron chi connectivity index (χ2n) is 6.27. The number of rotatable bonds is 7. The van der Waals surface area contributed by atoms with E-state index in [1.165, 1.54) is 0 Å². The van der Waals surface area contributed by atoms with Crippen molar-refractivity contribution in [3.63, 3.8) is 0 Å². The molecule has 0 atom stereocenters. The summed E-state index contributed by atoms with van der Waals surface area (Å²) in [7, 11) is 3.52. The van der Waals surface area contributed by atoms with Crippen molar-refractivity contribution in [1.82, 2.24) is 15.1 Å². The molecule has 0 bridgehead atoms. The van der Waals surface area contributed by atoms with E-state index in [2.05, 4.69) is 27.9 Å². The SMILES string of the molecule is COCCOc1cccc(NC(=O)NCc2nn(C)c3ccc(C)cc23)c1. The molecule has 1 heterocycles. The number of nitrogens with one attached hydrogen (secondary N) is 2. The van der Waals surface area contributed by atoms with Gasteiger partial charge in [0.05, 0.1) is 24.4 Å². The molecule has 3 rings (SSSR count). The second-order valence-corrected chi connectivity index (χ2v) is 6.27. The van der Waals surface area contributed by atoms with E-state index in [9.17, 15) is 4.79 Å². The van der Waals surface area contributed by atoms with E-state index in [0.29, 0.717) is 31.2 Å². The normalized spacial score (nSPS) is 10.8. The average Bonchev–Trinajstić information content (AvgIpc) is 2.96. The van der Waals surface area contributed by atoms with Crippen LogP contribution in [-0.4, -0.2) is 36.1 Å². The van der Waals surface area contributed by atoms with Crippen LogP contribution < -0.4 is 15.4 Å². The number of carbonyl (C=O) groups excluding carboxylic acids is 1. The van der Waals surface area contributed by atoms with E-state index in [1.807, 2.05) is 42.9 Å². The average molecular weight is 368 g/mol. The first-order chi connectivity index (χ1) is 13.1. The maximum atomic E-state index is 12.2. The van der Waals surface area contributed by atoms with Crippen LogP contribution in [0.25, 0.3) is 10.9 Å². The predicted molar refractivity (Wildman–Crippen MR) is 105 cm³/mol. The van der Waals surface area contributed by atoms with Gasteiger partial charge in [-0.2, -0.15) is 5.10 Å². The van der Waals surface area contributed by atoms with Crippen LogP contribution in [0.2, 0.25) is 0 Å². The maximum absolute atomic E-state index is 12.2. The van der Waals surface area contributed by atoms with Gasteiger partial charge in [0.25, 0.3) is 0 Å². The highest BCUT2D eigenvalue weighted by molar-refractivity contribution is 5.90. The molecule has 2 N–H and O–H groups in total. The lowest BCUT2D eigenvalue weighted by Crippen LogP contribution is -2.28. The summed E-state index contributed by atoms with van der Waals surface area (Å²) in [6, 6.07) is 13.1. The summed E-state index contributed by atoms with van der Waals surface area (Å²) < 4.78 is 12.3. The number of anilines is 1. The van der Waals surface area contributed by atoms with Gasteiger partial charge in [0.1, 0.15) is 12.4 Å². The van der Waals surface area contributed by atoms with Gasteiger partial charge in [-0.25, -0.2) is 4.79 Å². The highest BCUT2D eigenvalue weighted by Crippen LogP contribution is 2.20. The molecule has 0 aliphatic heterocycles. The molecule has 7 heteroatoms. The Kier molecular flexibility index (Phi) is 5.93. The van der Waals surface area contributed by atoms with Crippen LogP contribution in [0, 0.1) is 6.92 Å². The monoisotopic (exact) mass is 368 g/mol. The van der Waals surface area contributed by atoms with E-state index in [0.717, 1.165) is 22.2 Å². The molecule has 0 aliphatic rings. The Morgan fingerprint density at radius 1 is 1.19 bits per heavy atom. The zero-order chi connectivity index (χ0) is 19.2. The van der Waals surface area contributed by atoms with Gasteiger partial charge < -0.3 is 20.1 Å². The third-order valence-electron chi connectivity index (χ3n) is 4.15. The maximum Gasteiger partial charge on any atom is 0.319 e. The summed E-state index contributed by atoms with van der Waals surface area (Å²) >= 11 is 0. The summed E-state index contributed by atoms with van der Waals surface area (Å²) in [6.45, 7) is 3.35. The Balaban J connectivity index is 1.60. The van der Waals surface area contributed by atoms with Crippen molar-refractivity contribution < 1.29 is 14.3 Å². The fourth-order valence-electron chi connectivity index (χ4n) is 2.83. The first-order valence-corrected chi connectivity index (χ1v) is 8.75. The number of hydrogen-bond donors (Lipinski definition) is 2. The summed E-state index contributed by atoms with van der Waals surface area (Å²) in [5, 5.41) is 11.2. The Bertz CT molecular complexity index is 936. The van der Waals surface area contributed by atoms with E-state index in [1.54, 1.807) is 13.2 Å². The Labute approximate surface area is 158 Å². The van der Waals surface area contributed by atoms with Crippen molar-refractivity contribution in [2.24, 2.45) is 7.05 Å². The van der Waals surface area contributed by atoms with Gasteiger partial charge in [0.15, 0.2) is 0 Å². The van der Waals surface area contributed by atoms with Crippen LogP contribution in [0.3, 0.4) is 0 Å². The van der Waals surface area contributed by atoms with Crippen molar-refractivity contribution in [3.8, 4) is 5.75 Å². The molecule has 7 nitrogen and oxygen atoms in total. The van der Waals surface area contributed by atoms with Gasteiger partial charge in [0, 0.05) is 31.3 Å². The van der Waals surface area contributed by atoms with Gasteiger partial charge in [-0.05, 0) is 31.2 Å². The molecule has 2 amide bonds. The van der Waals surface area contributed by atoms with Gasteiger partial charge in [-0.3, -0.25) is 4.68 Å². The number of urea groups is 1. The molecule has 142 valence electrons. The molecule has 27 heavy (non-hydrogen) atoms. The Hall–Kier alpha value is -3.06. The van der Waals surface area contributed by atoms with Crippen LogP contribution in [0.5, 0.6) is 5.75 Å². The van der Waals surface area contributed by atoms with Crippen LogP contribution in [0.15, 0.2) is 42.5 Å². The van der Waals surface area contributed by atoms with Crippen molar-refractivity contribution in [2.75, 3.05) is 25.6 Å². The molecule has 0 saturated carbocycles. The number of aryl methyl sites for hydroxylation is 2. The highest BCUT2D eigenvalue weighted by Gasteiger charge is 2.10. The predicted octanol–water partition coefficient (Wildman–Crippen LogP) is 3.23. The number of benzene rings is 2. The van der Waals surface area contributed by atoms with E-state index in [4.69, 9.17) is 9.47 Å². The van der Waals surface area contributed by atoms with Crippen LogP contribution in [-0.2, 0) is 18.3 Å². The number of nitrogens with zero attached hydrogens (tertiary/aromatic N) is 2. The summed E-state index contributed by atoms with van der Waals surface area (Å²) in [4.78, 5) is 12.2. The third kappa shape index (κ3) is 4.77. The minimum absolute atomic E-state index is 0.296. The standard InChI is InChI=1S/C20H24N4O3/c1-14-7-8-19-17(11-14)18(23-24(19)2)13-21-20(25)22-15-5-4-6-16(12-15)27-10-9-26-3/h4-8,11-12H,9-10,13H2,1-3H3,(H2,21,22,25). The Morgan fingerprint density at radius 3 is 2.85 bits per heavy atom. The van der Waals surface area contributed by atoms with Crippen molar-refractivity contribution in [2.45, 2.75) is 13.5 Å². The number of ether oxygens (including phenoxy) is 2. The molecular formula is C20H24N4O3. The van der Waals surface area contributed by atoms with Gasteiger partial charge in [0.2, 0.25) is 0 Å². The second kappa shape index (κ2) is 8.55. The van der Waals surface area contributed by atoms with Crippen LogP contribution in [0.1, 0.15) is 11.3 Å². The van der Waals surface area contributed by atoms with Crippen LogP contribution >= 0.6 is 0 Å². The zero-order valence-corrected chi connectivity index (χ0v) is 15.8. The molecule has 0 spiro atoms. The number of aromatic nitrogens is 2. The number of carbonyl (C=O) groups is 1. The number of amides is 2. The largest absolute Gasteiger partial charge is 0.491 e. The fraction of sp³-hybridized carbons (Fsp3) is 0.300. The minimum Gasteiger partial charge on any atom is -0.491 e. The van der Waals surface area contributed by atoms with Gasteiger partial charge in [-0.1, -0.05) is 17.7 Å². The lowest BCUT2D eigenvalue weighted by Gasteiger charge is -2.09. The summed E-state index contributed by atoms with van der Waals surface area (Å²) in [6.07, 6.45) is 0. The molecule has 0 saturated heterocycles. The molecule has 1 aromatic heterocycles. The van der Waals surface area contributed by atoms with Crippen molar-refractivity contribution in [3.05, 3.63) is 53.7 Å². The minimum atomic E-state index is -0.296. The van der Waals surface area contributed by atoms with Gasteiger partial charge in [-0.15, -0.1) is 0 Å². The first kappa shape index (κ1) is 18.7. The summed E-state index contributed by atoms with van der Waals surface area (Å²) in [5.41, 5.74) is 3.69. The molecule has 0 unspecified atom stereocenters.